The molecular formula is C18H14N4. The van der Waals surface area contributed by atoms with Gasteiger partial charge in [0.2, 0.25) is 0 Å². The van der Waals surface area contributed by atoms with Crippen LogP contribution in [-0.4, -0.2) is 15.0 Å². The first kappa shape index (κ1) is 12.6. The summed E-state index contributed by atoms with van der Waals surface area (Å²) in [6, 6.07) is 26.0. The minimum absolute atomic E-state index is 0.866. The van der Waals surface area contributed by atoms with Crippen molar-refractivity contribution in [3.8, 4) is 5.69 Å². The number of anilines is 2. The van der Waals surface area contributed by atoms with E-state index in [2.05, 4.69) is 15.5 Å². The van der Waals surface area contributed by atoms with Gasteiger partial charge in [-0.1, -0.05) is 36.4 Å². The van der Waals surface area contributed by atoms with Crippen molar-refractivity contribution in [2.45, 2.75) is 0 Å². The molecule has 3 aromatic carbocycles. The first-order chi connectivity index (χ1) is 10.9. The van der Waals surface area contributed by atoms with Crippen LogP contribution < -0.4 is 5.32 Å². The Hall–Kier alpha value is -3.14. The lowest BCUT2D eigenvalue weighted by molar-refractivity contribution is 0.766. The molecule has 0 aliphatic heterocycles. The Morgan fingerprint density at radius 1 is 0.636 bits per heavy atom. The van der Waals surface area contributed by atoms with E-state index in [1.807, 2.05) is 78.9 Å². The summed E-state index contributed by atoms with van der Waals surface area (Å²) in [5.41, 5.74) is 4.75. The van der Waals surface area contributed by atoms with E-state index in [0.29, 0.717) is 0 Å². The van der Waals surface area contributed by atoms with Crippen LogP contribution in [0, 0.1) is 0 Å². The van der Waals surface area contributed by atoms with Gasteiger partial charge >= 0.3 is 0 Å². The summed E-state index contributed by atoms with van der Waals surface area (Å²) in [4.78, 5) is 1.66. The second-order valence-electron chi connectivity index (χ2n) is 5.02. The molecule has 0 atom stereocenters. The molecule has 0 aliphatic rings. The number of para-hydroxylation sites is 2. The van der Waals surface area contributed by atoms with Gasteiger partial charge in [-0.3, -0.25) is 0 Å². The average molecular weight is 286 g/mol. The molecule has 1 N–H and O–H groups in total. The zero-order valence-corrected chi connectivity index (χ0v) is 11.8. The van der Waals surface area contributed by atoms with Crippen LogP contribution in [0.4, 0.5) is 11.4 Å². The normalized spacial score (nSPS) is 10.7. The number of nitrogens with zero attached hydrogens (tertiary/aromatic N) is 3. The van der Waals surface area contributed by atoms with Gasteiger partial charge in [-0.05, 0) is 42.5 Å². The quantitative estimate of drug-likeness (QED) is 0.615. The van der Waals surface area contributed by atoms with Crippen molar-refractivity contribution in [1.82, 2.24) is 15.0 Å². The van der Waals surface area contributed by atoms with Crippen LogP contribution >= 0.6 is 0 Å². The van der Waals surface area contributed by atoms with E-state index in [4.69, 9.17) is 0 Å². The van der Waals surface area contributed by atoms with Crippen molar-refractivity contribution >= 4 is 22.4 Å². The van der Waals surface area contributed by atoms with E-state index < -0.39 is 0 Å². The van der Waals surface area contributed by atoms with Crippen molar-refractivity contribution in [2.24, 2.45) is 0 Å². The zero-order chi connectivity index (χ0) is 14.8. The van der Waals surface area contributed by atoms with E-state index in [1.54, 1.807) is 4.80 Å². The third-order valence-corrected chi connectivity index (χ3v) is 3.43. The molecule has 1 aromatic heterocycles. The Kier molecular flexibility index (Phi) is 3.05. The van der Waals surface area contributed by atoms with Crippen LogP contribution in [-0.2, 0) is 0 Å². The minimum atomic E-state index is 0.866. The highest BCUT2D eigenvalue weighted by molar-refractivity contribution is 5.79. The van der Waals surface area contributed by atoms with Gasteiger partial charge in [-0.25, -0.2) is 0 Å². The van der Waals surface area contributed by atoms with Crippen molar-refractivity contribution in [3.63, 3.8) is 0 Å². The molecule has 4 rings (SSSR count). The lowest BCUT2D eigenvalue weighted by atomic mass is 10.2. The van der Waals surface area contributed by atoms with E-state index in [0.717, 1.165) is 28.1 Å². The summed E-state index contributed by atoms with van der Waals surface area (Å²) >= 11 is 0. The summed E-state index contributed by atoms with van der Waals surface area (Å²) in [5.74, 6) is 0. The molecular weight excluding hydrogens is 272 g/mol. The molecule has 106 valence electrons. The maximum absolute atomic E-state index is 4.55. The van der Waals surface area contributed by atoms with E-state index in [-0.39, 0.29) is 0 Å². The maximum Gasteiger partial charge on any atom is 0.115 e. The number of aromatic nitrogens is 3. The molecule has 0 bridgehead atoms. The van der Waals surface area contributed by atoms with E-state index in [1.165, 1.54) is 0 Å². The van der Waals surface area contributed by atoms with Crippen LogP contribution in [0.5, 0.6) is 0 Å². The van der Waals surface area contributed by atoms with Gasteiger partial charge in [0.1, 0.15) is 11.0 Å². The summed E-state index contributed by atoms with van der Waals surface area (Å²) in [5, 5.41) is 12.4. The minimum Gasteiger partial charge on any atom is -0.355 e. The van der Waals surface area contributed by atoms with Crippen molar-refractivity contribution < 1.29 is 0 Å². The second kappa shape index (κ2) is 5.33. The number of benzene rings is 3. The van der Waals surface area contributed by atoms with Gasteiger partial charge in [-0.15, -0.1) is 10.2 Å². The first-order valence-corrected chi connectivity index (χ1v) is 7.13. The molecule has 0 fully saturated rings. The van der Waals surface area contributed by atoms with E-state index >= 15 is 0 Å². The Balaban J connectivity index is 1.69. The number of hydrogen-bond acceptors (Lipinski definition) is 3. The smallest absolute Gasteiger partial charge is 0.115 e. The highest BCUT2D eigenvalue weighted by atomic mass is 15.5. The van der Waals surface area contributed by atoms with Gasteiger partial charge in [0.15, 0.2) is 0 Å². The molecule has 4 nitrogen and oxygen atoms in total. The van der Waals surface area contributed by atoms with Crippen LogP contribution in [0.2, 0.25) is 0 Å². The Bertz CT molecular complexity index is 898. The number of fused-ring (bicyclic) bond motifs is 1. The van der Waals surface area contributed by atoms with Gasteiger partial charge in [0, 0.05) is 11.4 Å². The van der Waals surface area contributed by atoms with Crippen LogP contribution in [0.1, 0.15) is 0 Å². The largest absolute Gasteiger partial charge is 0.355 e. The van der Waals surface area contributed by atoms with Crippen molar-refractivity contribution in [2.75, 3.05) is 5.32 Å². The predicted octanol–water partition coefficient (Wildman–Crippen LogP) is 4.16. The van der Waals surface area contributed by atoms with Gasteiger partial charge in [0.25, 0.3) is 0 Å². The lowest BCUT2D eigenvalue weighted by Gasteiger charge is -2.05. The maximum atomic E-state index is 4.55. The fourth-order valence-electron chi connectivity index (χ4n) is 2.36. The Morgan fingerprint density at radius 3 is 2.09 bits per heavy atom. The number of hydrogen-bond donors (Lipinski definition) is 1. The molecule has 1 heterocycles. The molecule has 22 heavy (non-hydrogen) atoms. The van der Waals surface area contributed by atoms with Crippen LogP contribution in [0.3, 0.4) is 0 Å². The summed E-state index contributed by atoms with van der Waals surface area (Å²) in [7, 11) is 0. The average Bonchev–Trinajstić information content (AvgIpc) is 3.00. The third kappa shape index (κ3) is 2.42. The molecule has 0 unspecified atom stereocenters. The fraction of sp³-hybridized carbons (Fsp3) is 0. The van der Waals surface area contributed by atoms with Gasteiger partial charge in [-0.2, -0.15) is 4.80 Å². The molecule has 0 spiro atoms. The molecule has 0 aliphatic carbocycles. The van der Waals surface area contributed by atoms with Crippen molar-refractivity contribution in [3.05, 3.63) is 78.9 Å². The van der Waals surface area contributed by atoms with E-state index in [9.17, 15) is 0 Å². The molecule has 0 saturated carbocycles. The lowest BCUT2D eigenvalue weighted by Crippen LogP contribution is -1.97. The summed E-state index contributed by atoms with van der Waals surface area (Å²) in [6.07, 6.45) is 0. The summed E-state index contributed by atoms with van der Waals surface area (Å²) < 4.78 is 0. The Labute approximate surface area is 128 Å². The molecule has 4 heteroatoms. The summed E-state index contributed by atoms with van der Waals surface area (Å²) in [6.45, 7) is 0. The topological polar surface area (TPSA) is 42.7 Å². The standard InChI is InChI=1S/C18H14N4/c1-3-7-14(8-4-1)19-15-11-12-17-18(13-15)21-22(20-17)16-9-5-2-6-10-16/h1-13,19H. The highest BCUT2D eigenvalue weighted by Crippen LogP contribution is 2.20. The zero-order valence-electron chi connectivity index (χ0n) is 11.8. The van der Waals surface area contributed by atoms with Crippen LogP contribution in [0.25, 0.3) is 16.7 Å². The predicted molar refractivity (Wildman–Crippen MR) is 88.6 cm³/mol. The highest BCUT2D eigenvalue weighted by Gasteiger charge is 2.05. The van der Waals surface area contributed by atoms with Gasteiger partial charge in [0.05, 0.1) is 5.69 Å². The number of rotatable bonds is 3. The SMILES string of the molecule is c1ccc(Nc2ccc3nn(-c4ccccc4)nc3c2)cc1. The molecule has 0 saturated heterocycles. The van der Waals surface area contributed by atoms with Crippen molar-refractivity contribution in [1.29, 1.82) is 0 Å². The second-order valence-corrected chi connectivity index (χ2v) is 5.02. The molecule has 4 aromatic rings. The van der Waals surface area contributed by atoms with Crippen LogP contribution in [0.15, 0.2) is 78.9 Å². The molecule has 0 radical (unpaired) electrons. The monoisotopic (exact) mass is 286 g/mol. The molecule has 0 amide bonds. The number of nitrogens with one attached hydrogen (secondary N) is 1. The van der Waals surface area contributed by atoms with Gasteiger partial charge < -0.3 is 5.32 Å². The first-order valence-electron chi connectivity index (χ1n) is 7.13. The fourth-order valence-corrected chi connectivity index (χ4v) is 2.36. The Morgan fingerprint density at radius 2 is 1.32 bits per heavy atom. The third-order valence-electron chi connectivity index (χ3n) is 3.43.